The number of unbranched alkanes of at least 4 members (excludes halogenated alkanes) is 4. The minimum absolute atomic E-state index is 0.167. The van der Waals surface area contributed by atoms with Crippen LogP contribution >= 0.6 is 0 Å². The number of aliphatic carboxylic acids is 1. The molecule has 2 N–H and O–H groups in total. The minimum Gasteiger partial charge on any atom is -0.481 e. The summed E-state index contributed by atoms with van der Waals surface area (Å²) in [6.45, 7) is 8.57. The highest BCUT2D eigenvalue weighted by molar-refractivity contribution is 5.66. The van der Waals surface area contributed by atoms with Crippen molar-refractivity contribution in [2.24, 2.45) is 0 Å². The molecule has 0 fully saturated rings. The van der Waals surface area contributed by atoms with E-state index in [1.165, 1.54) is 30.4 Å². The Bertz CT molecular complexity index is 300. The summed E-state index contributed by atoms with van der Waals surface area (Å²) in [5, 5.41) is 16.8. The van der Waals surface area contributed by atoms with Crippen LogP contribution < -0.4 is 0 Å². The van der Waals surface area contributed by atoms with Crippen LogP contribution in [0, 0.1) is 0 Å². The lowest BCUT2D eigenvalue weighted by atomic mass is 10.1. The van der Waals surface area contributed by atoms with E-state index < -0.39 is 5.97 Å². The maximum atomic E-state index is 10.0. The summed E-state index contributed by atoms with van der Waals surface area (Å²) in [7, 11) is 0. The second-order valence-corrected chi connectivity index (χ2v) is 5.61. The van der Waals surface area contributed by atoms with Crippen molar-refractivity contribution >= 4 is 5.97 Å². The molecule has 0 aliphatic rings. The molecule has 21 heavy (non-hydrogen) atoms. The van der Waals surface area contributed by atoms with Crippen LogP contribution in [0.4, 0.5) is 0 Å². The van der Waals surface area contributed by atoms with E-state index in [0.29, 0.717) is 6.42 Å². The molecule has 0 saturated heterocycles. The van der Waals surface area contributed by atoms with Crippen LogP contribution in [0.1, 0.15) is 79.1 Å². The molecule has 0 heterocycles. The maximum absolute atomic E-state index is 10.0. The van der Waals surface area contributed by atoms with E-state index in [0.717, 1.165) is 25.7 Å². The molecule has 3 nitrogen and oxygen atoms in total. The summed E-state index contributed by atoms with van der Waals surface area (Å²) in [6, 6.07) is 0. The molecule has 0 rings (SSSR count). The lowest BCUT2D eigenvalue weighted by Gasteiger charge is -1.96. The number of aliphatic hydroxyl groups excluding tert-OH is 1. The minimum atomic E-state index is -0.670. The van der Waals surface area contributed by atoms with E-state index in [-0.39, 0.29) is 6.61 Å². The van der Waals surface area contributed by atoms with Gasteiger partial charge in [-0.1, -0.05) is 55.9 Å². The molecule has 0 radical (unpaired) electrons. The molecule has 0 spiro atoms. The van der Waals surface area contributed by atoms with Crippen molar-refractivity contribution in [3.8, 4) is 0 Å². The first kappa shape index (κ1) is 22.2. The summed E-state index contributed by atoms with van der Waals surface area (Å²) in [5.74, 6) is -0.670. The third-order valence-corrected chi connectivity index (χ3v) is 3.03. The first-order valence-electron chi connectivity index (χ1n) is 8.05. The zero-order valence-electron chi connectivity index (χ0n) is 14.3. The first-order chi connectivity index (χ1) is 9.93. The maximum Gasteiger partial charge on any atom is 0.303 e. The monoisotopic (exact) mass is 298 g/mol. The number of carboxylic acid groups (broad SMARTS) is 1. The second-order valence-electron chi connectivity index (χ2n) is 5.61. The lowest BCUT2D eigenvalue weighted by Crippen LogP contribution is -1.93. The van der Waals surface area contributed by atoms with Gasteiger partial charge in [0.25, 0.3) is 0 Å². The molecular weight excluding hydrogens is 264 g/mol. The molecule has 0 amide bonds. The van der Waals surface area contributed by atoms with Gasteiger partial charge in [0.15, 0.2) is 0 Å². The fourth-order valence-corrected chi connectivity index (χ4v) is 1.73. The second kappa shape index (κ2) is 17.0. The van der Waals surface area contributed by atoms with Crippen LogP contribution in [0.25, 0.3) is 0 Å². The Morgan fingerprint density at radius 2 is 1.57 bits per heavy atom. The standard InChI is InChI=1S/C10H18O.C8H16O2/c1-9(2)5-4-6-10(3)7-8-11;1-2-3-4-5-6-7-8(9)10/h5,7,11H,4,6,8H2,1-3H3;2-7H2,1H3,(H,9,10)/b10-7+;. The highest BCUT2D eigenvalue weighted by Gasteiger charge is 1.94. The molecule has 0 aliphatic heterocycles. The Labute approximate surface area is 130 Å². The number of allylic oxidation sites excluding steroid dienone is 3. The van der Waals surface area contributed by atoms with Crippen molar-refractivity contribution in [1.82, 2.24) is 0 Å². The van der Waals surface area contributed by atoms with Crippen molar-refractivity contribution in [3.63, 3.8) is 0 Å². The molecule has 0 saturated carbocycles. The SMILES string of the molecule is CC(C)=CCC/C(C)=C/CO.CCCCCCCC(=O)O. The molecule has 124 valence electrons. The quantitative estimate of drug-likeness (QED) is 0.435. The predicted octanol–water partition coefficient (Wildman–Crippen LogP) is 5.10. The summed E-state index contributed by atoms with van der Waals surface area (Å²) in [5.41, 5.74) is 2.63. The van der Waals surface area contributed by atoms with Gasteiger partial charge in [0.05, 0.1) is 6.61 Å². The number of hydrogen-bond acceptors (Lipinski definition) is 2. The Balaban J connectivity index is 0. The Morgan fingerprint density at radius 1 is 0.952 bits per heavy atom. The van der Waals surface area contributed by atoms with Crippen molar-refractivity contribution < 1.29 is 15.0 Å². The molecular formula is C18H34O3. The van der Waals surface area contributed by atoms with Gasteiger partial charge >= 0.3 is 5.97 Å². The van der Waals surface area contributed by atoms with E-state index >= 15 is 0 Å². The molecule has 0 unspecified atom stereocenters. The van der Waals surface area contributed by atoms with Crippen molar-refractivity contribution in [2.75, 3.05) is 6.61 Å². The number of carbonyl (C=O) groups is 1. The zero-order chi connectivity index (χ0) is 16.5. The Hall–Kier alpha value is -1.09. The van der Waals surface area contributed by atoms with Crippen LogP contribution in [0.3, 0.4) is 0 Å². The van der Waals surface area contributed by atoms with Gasteiger partial charge in [0.1, 0.15) is 0 Å². The highest BCUT2D eigenvalue weighted by atomic mass is 16.4. The van der Waals surface area contributed by atoms with E-state index in [1.807, 2.05) is 6.08 Å². The average molecular weight is 298 g/mol. The molecule has 0 aromatic rings. The third-order valence-electron chi connectivity index (χ3n) is 3.03. The number of rotatable bonds is 10. The normalized spacial score (nSPS) is 10.6. The average Bonchev–Trinajstić information content (AvgIpc) is 2.39. The van der Waals surface area contributed by atoms with Crippen LogP contribution in [0.5, 0.6) is 0 Å². The number of hydrogen-bond donors (Lipinski definition) is 2. The summed E-state index contributed by atoms with van der Waals surface area (Å²) < 4.78 is 0. The van der Waals surface area contributed by atoms with Gasteiger partial charge < -0.3 is 10.2 Å². The van der Waals surface area contributed by atoms with E-state index in [2.05, 4.69) is 33.8 Å². The van der Waals surface area contributed by atoms with Gasteiger partial charge in [-0.2, -0.15) is 0 Å². The van der Waals surface area contributed by atoms with E-state index in [4.69, 9.17) is 10.2 Å². The smallest absolute Gasteiger partial charge is 0.303 e. The lowest BCUT2D eigenvalue weighted by molar-refractivity contribution is -0.137. The largest absolute Gasteiger partial charge is 0.481 e. The predicted molar refractivity (Wildman–Crippen MR) is 90.5 cm³/mol. The zero-order valence-corrected chi connectivity index (χ0v) is 14.3. The van der Waals surface area contributed by atoms with Gasteiger partial charge in [-0.05, 0) is 40.0 Å². The van der Waals surface area contributed by atoms with Crippen molar-refractivity contribution in [2.45, 2.75) is 79.1 Å². The number of aliphatic hydroxyl groups is 1. The molecule has 0 aliphatic carbocycles. The van der Waals surface area contributed by atoms with Crippen LogP contribution in [-0.4, -0.2) is 22.8 Å². The van der Waals surface area contributed by atoms with Crippen molar-refractivity contribution in [3.05, 3.63) is 23.3 Å². The summed E-state index contributed by atoms with van der Waals surface area (Å²) >= 11 is 0. The highest BCUT2D eigenvalue weighted by Crippen LogP contribution is 2.05. The Kier molecular flexibility index (Phi) is 17.9. The van der Waals surface area contributed by atoms with E-state index in [9.17, 15) is 4.79 Å². The van der Waals surface area contributed by atoms with Gasteiger partial charge in [0, 0.05) is 6.42 Å². The first-order valence-corrected chi connectivity index (χ1v) is 8.05. The number of carboxylic acids is 1. The fourth-order valence-electron chi connectivity index (χ4n) is 1.73. The van der Waals surface area contributed by atoms with Gasteiger partial charge in [-0.25, -0.2) is 0 Å². The van der Waals surface area contributed by atoms with Gasteiger partial charge in [-0.3, -0.25) is 4.79 Å². The molecule has 0 aromatic carbocycles. The molecule has 0 bridgehead atoms. The molecule has 0 atom stereocenters. The van der Waals surface area contributed by atoms with Gasteiger partial charge in [0.2, 0.25) is 0 Å². The molecule has 0 aromatic heterocycles. The third kappa shape index (κ3) is 24.3. The summed E-state index contributed by atoms with van der Waals surface area (Å²) in [6.07, 6.45) is 12.1. The van der Waals surface area contributed by atoms with Crippen LogP contribution in [0.15, 0.2) is 23.3 Å². The van der Waals surface area contributed by atoms with Crippen LogP contribution in [0.2, 0.25) is 0 Å². The van der Waals surface area contributed by atoms with Gasteiger partial charge in [-0.15, -0.1) is 0 Å². The van der Waals surface area contributed by atoms with Crippen molar-refractivity contribution in [1.29, 1.82) is 0 Å². The topological polar surface area (TPSA) is 57.5 Å². The fraction of sp³-hybridized carbons (Fsp3) is 0.722. The van der Waals surface area contributed by atoms with E-state index in [1.54, 1.807) is 0 Å². The Morgan fingerprint density at radius 3 is 2.05 bits per heavy atom. The summed E-state index contributed by atoms with van der Waals surface area (Å²) in [4.78, 5) is 10.0. The van der Waals surface area contributed by atoms with Crippen LogP contribution in [-0.2, 0) is 4.79 Å². The molecule has 3 heteroatoms.